The van der Waals surface area contributed by atoms with E-state index in [1.165, 1.54) is 0 Å². The Bertz CT molecular complexity index is 413. The summed E-state index contributed by atoms with van der Waals surface area (Å²) in [5.41, 5.74) is 1.84. The molecule has 0 saturated carbocycles. The molecule has 1 aromatic carbocycles. The van der Waals surface area contributed by atoms with Gasteiger partial charge in [-0.15, -0.1) is 0 Å². The number of benzene rings is 1. The van der Waals surface area contributed by atoms with E-state index in [-0.39, 0.29) is 5.78 Å². The number of carbonyl (C=O) groups is 1. The molecule has 0 N–H and O–H groups in total. The van der Waals surface area contributed by atoms with Gasteiger partial charge in [0.1, 0.15) is 8.98 Å². The van der Waals surface area contributed by atoms with E-state index < -0.39 is 3.23 Å². The van der Waals surface area contributed by atoms with Gasteiger partial charge in [-0.05, 0) is 36.6 Å². The minimum Gasteiger partial charge on any atom is -0.497 e. The van der Waals surface area contributed by atoms with Crippen LogP contribution < -0.4 is 4.74 Å². The Morgan fingerprint density at radius 3 is 2.80 bits per heavy atom. The number of hydrogen-bond donors (Lipinski definition) is 0. The van der Waals surface area contributed by atoms with Crippen LogP contribution in [0.1, 0.15) is 22.3 Å². The van der Waals surface area contributed by atoms with E-state index in [2.05, 4.69) is 31.9 Å². The maximum atomic E-state index is 12.0. The highest BCUT2D eigenvalue weighted by Crippen LogP contribution is 2.40. The van der Waals surface area contributed by atoms with Crippen molar-refractivity contribution in [2.24, 2.45) is 0 Å². The van der Waals surface area contributed by atoms with Crippen LogP contribution in [-0.2, 0) is 6.42 Å². The second-order valence-electron chi connectivity index (χ2n) is 3.56. The number of ketones is 1. The van der Waals surface area contributed by atoms with E-state index in [4.69, 9.17) is 4.74 Å². The summed E-state index contributed by atoms with van der Waals surface area (Å²) in [4.78, 5) is 12.0. The van der Waals surface area contributed by atoms with Gasteiger partial charge in [-0.25, -0.2) is 0 Å². The zero-order chi connectivity index (χ0) is 11.1. The van der Waals surface area contributed by atoms with Gasteiger partial charge < -0.3 is 4.74 Å². The number of alkyl halides is 2. The van der Waals surface area contributed by atoms with Crippen LogP contribution in [0.5, 0.6) is 5.75 Å². The number of hydrogen-bond acceptors (Lipinski definition) is 2. The van der Waals surface area contributed by atoms with E-state index in [1.54, 1.807) is 7.11 Å². The van der Waals surface area contributed by atoms with Gasteiger partial charge in [-0.1, -0.05) is 31.9 Å². The molecule has 2 rings (SSSR count). The highest BCUT2D eigenvalue weighted by Gasteiger charge is 2.37. The molecule has 1 aliphatic rings. The van der Waals surface area contributed by atoms with Crippen molar-refractivity contribution in [1.82, 2.24) is 0 Å². The lowest BCUT2D eigenvalue weighted by atomic mass is 9.90. The lowest BCUT2D eigenvalue weighted by Crippen LogP contribution is -2.30. The summed E-state index contributed by atoms with van der Waals surface area (Å²) in [5.74, 6) is 0.893. The van der Waals surface area contributed by atoms with Crippen molar-refractivity contribution >= 4 is 37.6 Å². The van der Waals surface area contributed by atoms with Crippen LogP contribution in [0, 0.1) is 0 Å². The lowest BCUT2D eigenvalue weighted by Gasteiger charge is -2.26. The van der Waals surface area contributed by atoms with Gasteiger partial charge in [0.15, 0.2) is 5.78 Å². The van der Waals surface area contributed by atoms with Crippen LogP contribution in [0.2, 0.25) is 0 Å². The molecule has 0 heterocycles. The Kier molecular flexibility index (Phi) is 2.90. The zero-order valence-corrected chi connectivity index (χ0v) is 11.4. The number of fused-ring (bicyclic) bond motifs is 1. The van der Waals surface area contributed by atoms with E-state index >= 15 is 0 Å². The number of carbonyl (C=O) groups excluding carboxylic acids is 1. The quantitative estimate of drug-likeness (QED) is 0.737. The molecule has 0 unspecified atom stereocenters. The Labute approximate surface area is 105 Å². The molecule has 1 aromatic rings. The number of methoxy groups -OCH3 is 1. The first-order valence-corrected chi connectivity index (χ1v) is 6.23. The predicted octanol–water partition coefficient (Wildman–Crippen LogP) is 3.31. The monoisotopic (exact) mass is 332 g/mol. The van der Waals surface area contributed by atoms with Crippen LogP contribution in [0.3, 0.4) is 0 Å². The number of rotatable bonds is 1. The molecule has 15 heavy (non-hydrogen) atoms. The zero-order valence-electron chi connectivity index (χ0n) is 8.22. The standard InChI is InChI=1S/C11H10Br2O2/c1-15-8-2-3-9-7(6-8)4-5-11(12,13)10(9)14/h2-3,6H,4-5H2,1H3. The van der Waals surface area contributed by atoms with Crippen molar-refractivity contribution in [3.63, 3.8) is 0 Å². The van der Waals surface area contributed by atoms with Crippen LogP contribution >= 0.6 is 31.9 Å². The number of aryl methyl sites for hydroxylation is 1. The maximum Gasteiger partial charge on any atom is 0.190 e. The van der Waals surface area contributed by atoms with Crippen molar-refractivity contribution in [2.45, 2.75) is 16.1 Å². The molecule has 0 aliphatic heterocycles. The van der Waals surface area contributed by atoms with E-state index in [0.717, 1.165) is 29.7 Å². The molecule has 0 bridgehead atoms. The number of halogens is 2. The third-order valence-electron chi connectivity index (χ3n) is 2.60. The van der Waals surface area contributed by atoms with Crippen molar-refractivity contribution in [3.05, 3.63) is 29.3 Å². The highest BCUT2D eigenvalue weighted by atomic mass is 79.9. The van der Waals surface area contributed by atoms with Gasteiger partial charge in [0.25, 0.3) is 0 Å². The molecule has 2 nitrogen and oxygen atoms in total. The molecule has 4 heteroatoms. The van der Waals surface area contributed by atoms with Gasteiger partial charge in [0.05, 0.1) is 7.11 Å². The van der Waals surface area contributed by atoms with E-state index in [0.29, 0.717) is 0 Å². The van der Waals surface area contributed by atoms with Crippen molar-refractivity contribution in [3.8, 4) is 5.75 Å². The fourth-order valence-electron chi connectivity index (χ4n) is 1.73. The maximum absolute atomic E-state index is 12.0. The summed E-state index contributed by atoms with van der Waals surface area (Å²) in [6, 6.07) is 5.58. The molecule has 0 amide bonds. The van der Waals surface area contributed by atoms with Gasteiger partial charge >= 0.3 is 0 Å². The first-order chi connectivity index (χ1) is 7.04. The Balaban J connectivity index is 2.46. The number of ether oxygens (including phenoxy) is 1. The van der Waals surface area contributed by atoms with Gasteiger partial charge in [-0.2, -0.15) is 0 Å². The third kappa shape index (κ3) is 1.97. The third-order valence-corrected chi connectivity index (χ3v) is 4.11. The summed E-state index contributed by atoms with van der Waals surface area (Å²) in [5, 5.41) is 0. The van der Waals surface area contributed by atoms with Crippen LogP contribution in [0.25, 0.3) is 0 Å². The fourth-order valence-corrected chi connectivity index (χ4v) is 2.55. The summed E-state index contributed by atoms with van der Waals surface area (Å²) < 4.78 is 4.55. The molecule has 0 saturated heterocycles. The smallest absolute Gasteiger partial charge is 0.190 e. The molecule has 0 spiro atoms. The summed E-state index contributed by atoms with van der Waals surface area (Å²) in [6.07, 6.45) is 1.63. The second kappa shape index (κ2) is 3.91. The first-order valence-electron chi connectivity index (χ1n) is 4.64. The van der Waals surface area contributed by atoms with Gasteiger partial charge in [-0.3, -0.25) is 4.79 Å². The van der Waals surface area contributed by atoms with Crippen molar-refractivity contribution in [2.75, 3.05) is 7.11 Å². The molecule has 80 valence electrons. The molecule has 0 atom stereocenters. The predicted molar refractivity (Wildman–Crippen MR) is 66.2 cm³/mol. The van der Waals surface area contributed by atoms with Crippen LogP contribution in [0.4, 0.5) is 0 Å². The molecule has 0 fully saturated rings. The summed E-state index contributed by atoms with van der Waals surface area (Å²) >= 11 is 6.80. The lowest BCUT2D eigenvalue weighted by molar-refractivity contribution is 0.0972. The van der Waals surface area contributed by atoms with Crippen LogP contribution in [-0.4, -0.2) is 16.1 Å². The second-order valence-corrected chi connectivity index (χ2v) is 7.33. The Hall–Kier alpha value is -0.350. The highest BCUT2D eigenvalue weighted by molar-refractivity contribution is 9.26. The topological polar surface area (TPSA) is 26.3 Å². The van der Waals surface area contributed by atoms with Gasteiger partial charge in [0, 0.05) is 5.56 Å². The summed E-state index contributed by atoms with van der Waals surface area (Å²) in [6.45, 7) is 0. The molecular formula is C11H10Br2O2. The van der Waals surface area contributed by atoms with E-state index in [9.17, 15) is 4.79 Å². The molecule has 1 aliphatic carbocycles. The molecular weight excluding hydrogens is 324 g/mol. The van der Waals surface area contributed by atoms with Crippen molar-refractivity contribution in [1.29, 1.82) is 0 Å². The Morgan fingerprint density at radius 1 is 1.40 bits per heavy atom. The van der Waals surface area contributed by atoms with Crippen molar-refractivity contribution < 1.29 is 9.53 Å². The largest absolute Gasteiger partial charge is 0.497 e. The minimum atomic E-state index is -0.582. The average molecular weight is 334 g/mol. The molecule has 0 radical (unpaired) electrons. The number of Topliss-reactive ketones (excluding diaryl/α,β-unsaturated/α-hetero) is 1. The first kappa shape index (κ1) is 11.1. The van der Waals surface area contributed by atoms with Gasteiger partial charge in [0.2, 0.25) is 0 Å². The molecule has 0 aromatic heterocycles. The minimum absolute atomic E-state index is 0.0893. The average Bonchev–Trinajstić information content (AvgIpc) is 2.23. The van der Waals surface area contributed by atoms with E-state index in [1.807, 2.05) is 18.2 Å². The Morgan fingerprint density at radius 2 is 2.13 bits per heavy atom. The fraction of sp³-hybridized carbons (Fsp3) is 0.364. The SMILES string of the molecule is COc1ccc2c(c1)CCC(Br)(Br)C2=O. The van der Waals surface area contributed by atoms with Crippen LogP contribution in [0.15, 0.2) is 18.2 Å². The summed E-state index contributed by atoms with van der Waals surface area (Å²) in [7, 11) is 1.63. The normalized spacial score (nSPS) is 18.5.